The summed E-state index contributed by atoms with van der Waals surface area (Å²) in [6.07, 6.45) is 4.08. The van der Waals surface area contributed by atoms with Crippen molar-refractivity contribution < 1.29 is 17.6 Å². The molecular formula is C18H16N4O4S2. The van der Waals surface area contributed by atoms with Gasteiger partial charge in [-0.05, 0) is 37.3 Å². The topological polar surface area (TPSA) is 116 Å². The number of hydrogen-bond acceptors (Lipinski definition) is 8. The van der Waals surface area contributed by atoms with Crippen LogP contribution in [0.4, 0.5) is 10.8 Å². The number of amides is 1. The quantitative estimate of drug-likeness (QED) is 0.656. The van der Waals surface area contributed by atoms with Gasteiger partial charge in [-0.25, -0.2) is 18.1 Å². The van der Waals surface area contributed by atoms with E-state index in [-0.39, 0.29) is 5.69 Å². The molecule has 0 bridgehead atoms. The van der Waals surface area contributed by atoms with Crippen LogP contribution in [0, 0.1) is 18.3 Å². The Kier molecular flexibility index (Phi) is 5.48. The minimum Gasteiger partial charge on any atom is -0.472 e. The number of hydrogen-bond donors (Lipinski definition) is 1. The maximum Gasteiger partial charge on any atom is 0.284 e. The lowest BCUT2D eigenvalue weighted by Gasteiger charge is -2.21. The number of nitriles is 1. The highest BCUT2D eigenvalue weighted by molar-refractivity contribution is 7.89. The number of rotatable bonds is 6. The predicted octanol–water partition coefficient (Wildman–Crippen LogP) is 2.94. The Morgan fingerprint density at radius 1 is 1.32 bits per heavy atom. The maximum absolute atomic E-state index is 12.2. The first-order valence-electron chi connectivity index (χ1n) is 8.05. The van der Waals surface area contributed by atoms with Crippen molar-refractivity contribution in [1.29, 1.82) is 5.26 Å². The molecule has 8 nitrogen and oxygen atoms in total. The number of benzene rings is 1. The Bertz CT molecular complexity index is 1130. The monoisotopic (exact) mass is 416 g/mol. The van der Waals surface area contributed by atoms with E-state index in [1.54, 1.807) is 43.7 Å². The van der Waals surface area contributed by atoms with Gasteiger partial charge in [0.05, 0.1) is 37.0 Å². The summed E-state index contributed by atoms with van der Waals surface area (Å²) < 4.78 is 29.8. The van der Waals surface area contributed by atoms with Crippen LogP contribution in [0.25, 0.3) is 0 Å². The molecule has 3 rings (SSSR count). The number of carbonyl (C=O) groups excluding carboxylic acids is 1. The largest absolute Gasteiger partial charge is 0.472 e. The van der Waals surface area contributed by atoms with E-state index >= 15 is 0 Å². The number of nitrogens with zero attached hydrogens (tertiary/aromatic N) is 3. The molecule has 0 saturated carbocycles. The molecule has 0 radical (unpaired) electrons. The van der Waals surface area contributed by atoms with Gasteiger partial charge in [-0.15, -0.1) is 11.3 Å². The molecule has 0 aliphatic rings. The van der Waals surface area contributed by atoms with E-state index in [4.69, 9.17) is 9.68 Å². The number of carbonyl (C=O) groups is 1. The second-order valence-corrected chi connectivity index (χ2v) is 8.91. The highest BCUT2D eigenvalue weighted by atomic mass is 32.2. The van der Waals surface area contributed by atoms with Gasteiger partial charge in [0.1, 0.15) is 5.69 Å². The second kappa shape index (κ2) is 7.84. The number of thiazole rings is 1. The van der Waals surface area contributed by atoms with Crippen molar-refractivity contribution in [3.05, 3.63) is 64.6 Å². The van der Waals surface area contributed by atoms with Crippen LogP contribution in [0.15, 0.2) is 47.3 Å². The molecule has 0 aliphatic carbocycles. The average Bonchev–Trinajstić information content (AvgIpc) is 3.28. The fourth-order valence-corrected chi connectivity index (χ4v) is 3.84. The molecule has 28 heavy (non-hydrogen) atoms. The first-order chi connectivity index (χ1) is 13.3. The van der Waals surface area contributed by atoms with E-state index in [2.05, 4.69) is 11.1 Å². The number of furan rings is 1. The Labute approximate surface area is 166 Å². The van der Waals surface area contributed by atoms with Crippen LogP contribution in [0.5, 0.6) is 0 Å². The zero-order valence-electron chi connectivity index (χ0n) is 15.0. The molecule has 144 valence electrons. The lowest BCUT2D eigenvalue weighted by Crippen LogP contribution is -2.30. The molecule has 3 aromatic rings. The summed E-state index contributed by atoms with van der Waals surface area (Å²) in [7, 11) is -3.69. The molecule has 1 amide bonds. The minimum atomic E-state index is -3.69. The van der Waals surface area contributed by atoms with Gasteiger partial charge in [0.2, 0.25) is 10.0 Å². The van der Waals surface area contributed by atoms with Crippen molar-refractivity contribution in [3.63, 3.8) is 0 Å². The number of anilines is 2. The van der Waals surface area contributed by atoms with E-state index in [1.165, 1.54) is 11.3 Å². The Morgan fingerprint density at radius 3 is 2.61 bits per heavy atom. The Hall–Kier alpha value is -3.16. The van der Waals surface area contributed by atoms with E-state index < -0.39 is 15.9 Å². The molecule has 10 heteroatoms. The van der Waals surface area contributed by atoms with E-state index in [0.717, 1.165) is 17.5 Å². The van der Waals surface area contributed by atoms with Gasteiger partial charge in [-0.2, -0.15) is 5.26 Å². The Balaban J connectivity index is 1.99. The summed E-state index contributed by atoms with van der Waals surface area (Å²) in [5, 5.41) is 9.52. The SMILES string of the molecule is Cc1sc(N(Cc2ccoc2)c2ccc(C#N)cc2)nc1C(=O)NS(C)(=O)=O. The van der Waals surface area contributed by atoms with Gasteiger partial charge in [-0.1, -0.05) is 0 Å². The van der Waals surface area contributed by atoms with Gasteiger partial charge in [0, 0.05) is 16.1 Å². The van der Waals surface area contributed by atoms with Crippen molar-refractivity contribution in [2.24, 2.45) is 0 Å². The van der Waals surface area contributed by atoms with E-state index in [1.807, 2.05) is 15.7 Å². The second-order valence-electron chi connectivity index (χ2n) is 5.98. The van der Waals surface area contributed by atoms with Gasteiger partial charge >= 0.3 is 0 Å². The molecule has 0 fully saturated rings. The van der Waals surface area contributed by atoms with Crippen LogP contribution in [0.2, 0.25) is 0 Å². The van der Waals surface area contributed by atoms with Crippen LogP contribution in [-0.4, -0.2) is 25.6 Å². The zero-order valence-corrected chi connectivity index (χ0v) is 16.7. The normalized spacial score (nSPS) is 11.0. The molecule has 0 aliphatic heterocycles. The minimum absolute atomic E-state index is 0.0521. The van der Waals surface area contributed by atoms with Gasteiger partial charge in [0.25, 0.3) is 5.91 Å². The maximum atomic E-state index is 12.2. The van der Waals surface area contributed by atoms with Crippen molar-refractivity contribution in [2.45, 2.75) is 13.5 Å². The third-order valence-corrected chi connectivity index (χ3v) is 5.29. The molecule has 2 aromatic heterocycles. The average molecular weight is 416 g/mol. The summed E-state index contributed by atoms with van der Waals surface area (Å²) in [4.78, 5) is 19.1. The van der Waals surface area contributed by atoms with E-state index in [9.17, 15) is 13.2 Å². The van der Waals surface area contributed by atoms with Gasteiger partial charge in [0.15, 0.2) is 5.13 Å². The Morgan fingerprint density at radius 2 is 2.04 bits per heavy atom. The first-order valence-corrected chi connectivity index (χ1v) is 10.8. The van der Waals surface area contributed by atoms with Crippen molar-refractivity contribution in [3.8, 4) is 6.07 Å². The van der Waals surface area contributed by atoms with Crippen LogP contribution < -0.4 is 9.62 Å². The molecule has 1 N–H and O–H groups in total. The van der Waals surface area contributed by atoms with Crippen LogP contribution in [0.3, 0.4) is 0 Å². The van der Waals surface area contributed by atoms with Crippen molar-refractivity contribution in [2.75, 3.05) is 11.2 Å². The zero-order chi connectivity index (χ0) is 20.3. The van der Waals surface area contributed by atoms with Crippen LogP contribution in [-0.2, 0) is 16.6 Å². The molecule has 2 heterocycles. The molecule has 1 aromatic carbocycles. The third kappa shape index (κ3) is 4.57. The first kappa shape index (κ1) is 19.6. The lowest BCUT2D eigenvalue weighted by molar-refractivity contribution is 0.0977. The van der Waals surface area contributed by atoms with Crippen LogP contribution in [0.1, 0.15) is 26.5 Å². The number of nitrogens with one attached hydrogen (secondary N) is 1. The smallest absolute Gasteiger partial charge is 0.284 e. The number of aromatic nitrogens is 1. The predicted molar refractivity (Wildman–Crippen MR) is 105 cm³/mol. The van der Waals surface area contributed by atoms with Crippen molar-refractivity contribution >= 4 is 38.1 Å². The summed E-state index contributed by atoms with van der Waals surface area (Å²) in [5.74, 6) is -0.773. The van der Waals surface area contributed by atoms with Gasteiger partial charge < -0.3 is 9.32 Å². The van der Waals surface area contributed by atoms with Crippen molar-refractivity contribution in [1.82, 2.24) is 9.71 Å². The fourth-order valence-electron chi connectivity index (χ4n) is 2.48. The standard InChI is InChI=1S/C18H16N4O4S2/c1-12-16(17(23)21-28(2,24)25)20-18(27-12)22(10-14-7-8-26-11-14)15-5-3-13(9-19)4-6-15/h3-8,11H,10H2,1-2H3,(H,21,23). The highest BCUT2D eigenvalue weighted by Crippen LogP contribution is 2.33. The lowest BCUT2D eigenvalue weighted by atomic mass is 10.2. The fraction of sp³-hybridized carbons (Fsp3) is 0.167. The summed E-state index contributed by atoms with van der Waals surface area (Å²) in [5.41, 5.74) is 2.23. The molecule has 0 atom stereocenters. The molecular weight excluding hydrogens is 400 g/mol. The van der Waals surface area contributed by atoms with E-state index in [0.29, 0.717) is 22.1 Å². The van der Waals surface area contributed by atoms with Crippen LogP contribution >= 0.6 is 11.3 Å². The molecule has 0 saturated heterocycles. The number of aryl methyl sites for hydroxylation is 1. The highest BCUT2D eigenvalue weighted by Gasteiger charge is 2.22. The summed E-state index contributed by atoms with van der Waals surface area (Å²) in [6.45, 7) is 2.12. The summed E-state index contributed by atoms with van der Waals surface area (Å²) >= 11 is 1.27. The molecule has 0 spiro atoms. The third-order valence-electron chi connectivity index (χ3n) is 3.74. The molecule has 0 unspecified atom stereocenters. The number of sulfonamides is 1. The van der Waals surface area contributed by atoms with Gasteiger partial charge in [-0.3, -0.25) is 4.79 Å². The summed E-state index contributed by atoms with van der Waals surface area (Å²) in [6, 6.07) is 10.8.